The second-order valence-corrected chi connectivity index (χ2v) is 8.40. The minimum absolute atomic E-state index is 0.184. The Bertz CT molecular complexity index is 981. The van der Waals surface area contributed by atoms with E-state index in [9.17, 15) is 13.2 Å². The summed E-state index contributed by atoms with van der Waals surface area (Å²) in [6.45, 7) is -0.244. The van der Waals surface area contributed by atoms with Crippen molar-refractivity contribution in [1.29, 1.82) is 0 Å². The number of hydrogen-bond acceptors (Lipinski definition) is 6. The molecule has 0 aliphatic rings. The number of halogens is 1. The molecule has 29 heavy (non-hydrogen) atoms. The molecule has 0 spiro atoms. The van der Waals surface area contributed by atoms with Gasteiger partial charge in [0.1, 0.15) is 12.3 Å². The molecule has 0 aromatic heterocycles. The van der Waals surface area contributed by atoms with Crippen LogP contribution in [-0.2, 0) is 21.4 Å². The molecule has 0 heterocycles. The van der Waals surface area contributed by atoms with Crippen LogP contribution < -0.4 is 23.8 Å². The van der Waals surface area contributed by atoms with E-state index in [-0.39, 0.29) is 18.0 Å². The number of carbonyl (C=O) groups excluding carboxylic acids is 1. The highest BCUT2D eigenvalue weighted by Crippen LogP contribution is 2.32. The topological polar surface area (TPSA) is 94.2 Å². The van der Waals surface area contributed by atoms with Crippen molar-refractivity contribution in [3.63, 3.8) is 0 Å². The fourth-order valence-corrected chi connectivity index (χ4v) is 3.63. The number of sulfonamides is 1. The van der Waals surface area contributed by atoms with Gasteiger partial charge < -0.3 is 19.5 Å². The van der Waals surface area contributed by atoms with Crippen molar-refractivity contribution in [2.75, 3.05) is 38.4 Å². The highest BCUT2D eigenvalue weighted by Gasteiger charge is 2.24. The third-order valence-electron chi connectivity index (χ3n) is 4.03. The largest absolute Gasteiger partial charge is 0.495 e. The van der Waals surface area contributed by atoms with Crippen LogP contribution in [-0.4, -0.2) is 48.5 Å². The maximum Gasteiger partial charge on any atom is 0.241 e. The van der Waals surface area contributed by atoms with Crippen molar-refractivity contribution in [3.8, 4) is 17.2 Å². The number of carbonyl (C=O) groups is 1. The summed E-state index contributed by atoms with van der Waals surface area (Å²) in [5, 5.41) is 3.02. The molecule has 0 bridgehead atoms. The molecule has 0 saturated heterocycles. The monoisotopic (exact) mass is 442 g/mol. The summed E-state index contributed by atoms with van der Waals surface area (Å²) >= 11 is 6.00. The molecule has 1 amide bonds. The van der Waals surface area contributed by atoms with Crippen molar-refractivity contribution in [2.45, 2.75) is 6.54 Å². The third-order valence-corrected chi connectivity index (χ3v) is 5.40. The van der Waals surface area contributed by atoms with Gasteiger partial charge in [-0.15, -0.1) is 0 Å². The van der Waals surface area contributed by atoms with Crippen LogP contribution >= 0.6 is 11.6 Å². The van der Waals surface area contributed by atoms with Gasteiger partial charge in [0.15, 0.2) is 11.5 Å². The van der Waals surface area contributed by atoms with Gasteiger partial charge in [-0.2, -0.15) is 0 Å². The summed E-state index contributed by atoms with van der Waals surface area (Å²) in [7, 11) is 0.687. The van der Waals surface area contributed by atoms with Gasteiger partial charge in [-0.3, -0.25) is 9.10 Å². The van der Waals surface area contributed by atoms with Crippen LogP contribution in [0.25, 0.3) is 0 Å². The minimum atomic E-state index is -3.77. The number of nitrogens with one attached hydrogen (secondary N) is 1. The van der Waals surface area contributed by atoms with Crippen LogP contribution in [0, 0.1) is 0 Å². The average molecular weight is 443 g/mol. The molecular formula is C19H23ClN2O6S. The van der Waals surface area contributed by atoms with E-state index >= 15 is 0 Å². The first-order valence-electron chi connectivity index (χ1n) is 8.48. The summed E-state index contributed by atoms with van der Waals surface area (Å²) in [5.74, 6) is 0.888. The Labute approximate surface area is 175 Å². The van der Waals surface area contributed by atoms with Gasteiger partial charge in [-0.05, 0) is 35.9 Å². The molecule has 0 unspecified atom stereocenters. The number of methoxy groups -OCH3 is 3. The predicted molar refractivity (Wildman–Crippen MR) is 112 cm³/mol. The van der Waals surface area contributed by atoms with E-state index in [1.807, 2.05) is 0 Å². The smallest absolute Gasteiger partial charge is 0.241 e. The van der Waals surface area contributed by atoms with Gasteiger partial charge in [0, 0.05) is 11.6 Å². The van der Waals surface area contributed by atoms with Gasteiger partial charge in [0.2, 0.25) is 15.9 Å². The van der Waals surface area contributed by atoms with Gasteiger partial charge in [0.05, 0.1) is 33.3 Å². The fraction of sp³-hybridized carbons (Fsp3) is 0.316. The number of anilines is 1. The van der Waals surface area contributed by atoms with Gasteiger partial charge in [-0.25, -0.2) is 8.42 Å². The number of benzene rings is 2. The summed E-state index contributed by atoms with van der Waals surface area (Å²) in [6, 6.07) is 9.77. The van der Waals surface area contributed by atoms with Gasteiger partial charge in [0.25, 0.3) is 0 Å². The molecule has 0 atom stereocenters. The Morgan fingerprint density at radius 1 is 1.00 bits per heavy atom. The lowest BCUT2D eigenvalue weighted by molar-refractivity contribution is -0.119. The standard InChI is InChI=1S/C19H23ClN2O6S/c1-26-16-8-6-14(20)10-15(16)22(29(4,24)25)12-19(23)21-11-13-5-7-17(27-2)18(9-13)28-3/h5-10H,11-12H2,1-4H3,(H,21,23). The third kappa shape index (κ3) is 5.91. The Hall–Kier alpha value is -2.65. The second kappa shape index (κ2) is 9.71. The molecule has 8 nitrogen and oxygen atoms in total. The number of rotatable bonds is 9. The van der Waals surface area contributed by atoms with Crippen LogP contribution in [0.2, 0.25) is 5.02 Å². The van der Waals surface area contributed by atoms with Crippen LogP contribution in [0.3, 0.4) is 0 Å². The van der Waals surface area contributed by atoms with E-state index in [4.69, 9.17) is 25.8 Å². The fourth-order valence-electron chi connectivity index (χ4n) is 2.62. The Morgan fingerprint density at radius 3 is 2.21 bits per heavy atom. The van der Waals surface area contributed by atoms with Crippen molar-refractivity contribution in [2.24, 2.45) is 0 Å². The Morgan fingerprint density at radius 2 is 1.62 bits per heavy atom. The first-order valence-corrected chi connectivity index (χ1v) is 10.7. The zero-order chi connectivity index (χ0) is 21.6. The van der Waals surface area contributed by atoms with Gasteiger partial charge in [-0.1, -0.05) is 17.7 Å². The summed E-state index contributed by atoms with van der Waals surface area (Å²) in [4.78, 5) is 12.5. The zero-order valence-electron chi connectivity index (χ0n) is 16.6. The maximum atomic E-state index is 12.5. The molecule has 0 fully saturated rings. The van der Waals surface area contributed by atoms with E-state index < -0.39 is 22.5 Å². The Balaban J connectivity index is 2.17. The van der Waals surface area contributed by atoms with E-state index in [1.165, 1.54) is 33.5 Å². The molecule has 0 aliphatic carbocycles. The first kappa shape index (κ1) is 22.6. The minimum Gasteiger partial charge on any atom is -0.495 e. The van der Waals surface area contributed by atoms with Crippen LogP contribution in [0.15, 0.2) is 36.4 Å². The zero-order valence-corrected chi connectivity index (χ0v) is 18.1. The lowest BCUT2D eigenvalue weighted by Gasteiger charge is -2.24. The van der Waals surface area contributed by atoms with Crippen molar-refractivity contribution < 1.29 is 27.4 Å². The normalized spacial score (nSPS) is 10.9. The highest BCUT2D eigenvalue weighted by molar-refractivity contribution is 7.92. The highest BCUT2D eigenvalue weighted by atomic mass is 35.5. The SMILES string of the molecule is COc1ccc(CNC(=O)CN(c2cc(Cl)ccc2OC)S(C)(=O)=O)cc1OC. The summed E-state index contributed by atoms with van der Waals surface area (Å²) in [6.07, 6.45) is 1.01. The van der Waals surface area contributed by atoms with Crippen molar-refractivity contribution in [1.82, 2.24) is 5.32 Å². The first-order chi connectivity index (χ1) is 13.7. The predicted octanol–water partition coefficient (Wildman–Crippen LogP) is 2.45. The molecule has 2 rings (SSSR count). The lowest BCUT2D eigenvalue weighted by atomic mass is 10.2. The molecule has 2 aromatic rings. The maximum absolute atomic E-state index is 12.5. The van der Waals surface area contributed by atoms with Crippen LogP contribution in [0.5, 0.6) is 17.2 Å². The second-order valence-electron chi connectivity index (χ2n) is 6.05. The van der Waals surface area contributed by atoms with Crippen molar-refractivity contribution >= 4 is 33.2 Å². The number of nitrogens with zero attached hydrogens (tertiary/aromatic N) is 1. The number of amides is 1. The van der Waals surface area contributed by atoms with Crippen molar-refractivity contribution in [3.05, 3.63) is 47.0 Å². The van der Waals surface area contributed by atoms with Crippen LogP contribution in [0.4, 0.5) is 5.69 Å². The van der Waals surface area contributed by atoms with E-state index in [0.29, 0.717) is 16.5 Å². The molecule has 0 radical (unpaired) electrons. The van der Waals surface area contributed by atoms with E-state index in [1.54, 1.807) is 24.3 Å². The lowest BCUT2D eigenvalue weighted by Crippen LogP contribution is -2.40. The molecule has 0 aliphatic heterocycles. The molecule has 0 saturated carbocycles. The number of hydrogen-bond donors (Lipinski definition) is 1. The Kier molecular flexibility index (Phi) is 7.58. The number of ether oxygens (including phenoxy) is 3. The van der Waals surface area contributed by atoms with Crippen LogP contribution in [0.1, 0.15) is 5.56 Å². The molecule has 158 valence electrons. The van der Waals surface area contributed by atoms with E-state index in [2.05, 4.69) is 5.32 Å². The van der Waals surface area contributed by atoms with E-state index in [0.717, 1.165) is 16.1 Å². The summed E-state index contributed by atoms with van der Waals surface area (Å²) in [5.41, 5.74) is 0.950. The molecule has 1 N–H and O–H groups in total. The molecular weight excluding hydrogens is 420 g/mol. The quantitative estimate of drug-likeness (QED) is 0.641. The van der Waals surface area contributed by atoms with Gasteiger partial charge >= 0.3 is 0 Å². The average Bonchev–Trinajstić information content (AvgIpc) is 2.69. The summed E-state index contributed by atoms with van der Waals surface area (Å²) < 4.78 is 41.2. The molecule has 2 aromatic carbocycles. The molecule has 10 heteroatoms.